The van der Waals surface area contributed by atoms with Gasteiger partial charge in [-0.05, 0) is 6.54 Å². The standard InChI is InChI=1S/C15H32N2O4.2H2/c1-4-16-5-7-19-9-11-21-12-10-20-8-6-17-13-15(18)14(2)3;;/h14,16-17H,4-13H2,1-3H3;2*1H. The zero-order valence-electron chi connectivity index (χ0n) is 13.8. The van der Waals surface area contributed by atoms with E-state index in [1.807, 2.05) is 13.8 Å². The van der Waals surface area contributed by atoms with Gasteiger partial charge < -0.3 is 24.8 Å². The number of hydrogen-bond donors (Lipinski definition) is 2. The lowest BCUT2D eigenvalue weighted by atomic mass is 10.1. The molecule has 0 spiro atoms. The van der Waals surface area contributed by atoms with Crippen LogP contribution in [0.2, 0.25) is 0 Å². The summed E-state index contributed by atoms with van der Waals surface area (Å²) >= 11 is 0. The predicted octanol–water partition coefficient (Wildman–Crippen LogP) is 0.952. The van der Waals surface area contributed by atoms with Crippen molar-refractivity contribution in [3.8, 4) is 0 Å². The lowest BCUT2D eigenvalue weighted by Crippen LogP contribution is -2.29. The molecule has 6 heteroatoms. The first-order valence-corrected chi connectivity index (χ1v) is 7.85. The lowest BCUT2D eigenvalue weighted by molar-refractivity contribution is -0.121. The highest BCUT2D eigenvalue weighted by atomic mass is 16.5. The molecule has 0 atom stereocenters. The van der Waals surface area contributed by atoms with Gasteiger partial charge in [-0.15, -0.1) is 0 Å². The Morgan fingerprint density at radius 3 is 1.86 bits per heavy atom. The van der Waals surface area contributed by atoms with Crippen LogP contribution in [-0.4, -0.2) is 71.6 Å². The van der Waals surface area contributed by atoms with Gasteiger partial charge in [-0.3, -0.25) is 4.79 Å². The minimum atomic E-state index is 0. The SMILES string of the molecule is CCNCCOCCOCCOCCNCC(=O)C(C)C.[HH].[HH]. The smallest absolute Gasteiger partial charge is 0.149 e. The number of hydrogen-bond acceptors (Lipinski definition) is 6. The maximum Gasteiger partial charge on any atom is 0.149 e. The molecule has 0 aromatic carbocycles. The summed E-state index contributed by atoms with van der Waals surface area (Å²) in [5.74, 6) is 0.319. The third-order valence-corrected chi connectivity index (χ3v) is 2.78. The summed E-state index contributed by atoms with van der Waals surface area (Å²) < 4.78 is 16.1. The van der Waals surface area contributed by atoms with Gasteiger partial charge in [0.15, 0.2) is 0 Å². The van der Waals surface area contributed by atoms with Crippen molar-refractivity contribution in [2.45, 2.75) is 20.8 Å². The second kappa shape index (κ2) is 15.9. The maximum atomic E-state index is 11.3. The van der Waals surface area contributed by atoms with Crippen LogP contribution in [0.25, 0.3) is 0 Å². The van der Waals surface area contributed by atoms with E-state index in [2.05, 4.69) is 17.6 Å². The molecular weight excluding hydrogens is 272 g/mol. The Labute approximate surface area is 131 Å². The molecule has 0 rings (SSSR count). The number of rotatable bonds is 16. The summed E-state index contributed by atoms with van der Waals surface area (Å²) in [6.45, 7) is 12.5. The summed E-state index contributed by atoms with van der Waals surface area (Å²) in [6.07, 6.45) is 0. The molecule has 0 radical (unpaired) electrons. The maximum absolute atomic E-state index is 11.3. The number of ether oxygens (including phenoxy) is 3. The Balaban J connectivity index is -0.00000200. The third-order valence-electron chi connectivity index (χ3n) is 2.78. The fourth-order valence-electron chi connectivity index (χ4n) is 1.42. The monoisotopic (exact) mass is 308 g/mol. The van der Waals surface area contributed by atoms with Crippen molar-refractivity contribution in [1.82, 2.24) is 10.6 Å². The summed E-state index contributed by atoms with van der Waals surface area (Å²) in [6, 6.07) is 0. The summed E-state index contributed by atoms with van der Waals surface area (Å²) in [5.41, 5.74) is 0. The average molecular weight is 308 g/mol. The van der Waals surface area contributed by atoms with Gasteiger partial charge in [-0.2, -0.15) is 0 Å². The van der Waals surface area contributed by atoms with Crippen LogP contribution in [0, 0.1) is 5.92 Å². The highest BCUT2D eigenvalue weighted by molar-refractivity contribution is 5.82. The van der Waals surface area contributed by atoms with E-state index in [-0.39, 0.29) is 14.6 Å². The highest BCUT2D eigenvalue weighted by Crippen LogP contribution is 1.91. The van der Waals surface area contributed by atoms with Gasteiger partial charge in [0, 0.05) is 21.9 Å². The van der Waals surface area contributed by atoms with E-state index in [1.54, 1.807) is 0 Å². The normalized spacial score (nSPS) is 11.2. The molecule has 0 heterocycles. The van der Waals surface area contributed by atoms with Crippen LogP contribution in [0.3, 0.4) is 0 Å². The average Bonchev–Trinajstić information content (AvgIpc) is 2.47. The second-order valence-electron chi connectivity index (χ2n) is 4.99. The molecule has 0 aliphatic carbocycles. The van der Waals surface area contributed by atoms with E-state index in [9.17, 15) is 4.79 Å². The number of Topliss-reactive ketones (excluding diaryl/α,β-unsaturated/α-hetero) is 1. The Bertz CT molecular complexity index is 248. The minimum absolute atomic E-state index is 0. The summed E-state index contributed by atoms with van der Waals surface area (Å²) in [4.78, 5) is 11.3. The molecule has 0 saturated heterocycles. The van der Waals surface area contributed by atoms with E-state index >= 15 is 0 Å². The third kappa shape index (κ3) is 15.7. The Morgan fingerprint density at radius 2 is 1.38 bits per heavy atom. The topological polar surface area (TPSA) is 68.8 Å². The van der Waals surface area contributed by atoms with Crippen molar-refractivity contribution in [1.29, 1.82) is 0 Å². The van der Waals surface area contributed by atoms with E-state index in [1.165, 1.54) is 0 Å². The second-order valence-corrected chi connectivity index (χ2v) is 4.99. The first kappa shape index (κ1) is 20.5. The first-order chi connectivity index (χ1) is 10.2. The van der Waals surface area contributed by atoms with Gasteiger partial charge in [0.1, 0.15) is 5.78 Å². The van der Waals surface area contributed by atoms with Gasteiger partial charge in [0.25, 0.3) is 0 Å². The van der Waals surface area contributed by atoms with E-state index < -0.39 is 0 Å². The summed E-state index contributed by atoms with van der Waals surface area (Å²) in [5, 5.41) is 6.24. The largest absolute Gasteiger partial charge is 0.378 e. The number of likely N-dealkylation sites (N-methyl/N-ethyl adjacent to an activating group) is 1. The fraction of sp³-hybridized carbons (Fsp3) is 0.933. The zero-order valence-corrected chi connectivity index (χ0v) is 13.8. The molecule has 6 nitrogen and oxygen atoms in total. The molecular formula is C15H36N2O4. The molecule has 130 valence electrons. The molecule has 0 amide bonds. The Hall–Kier alpha value is -0.530. The fourth-order valence-corrected chi connectivity index (χ4v) is 1.42. The predicted molar refractivity (Wildman–Crippen MR) is 87.9 cm³/mol. The highest BCUT2D eigenvalue weighted by Gasteiger charge is 2.05. The van der Waals surface area contributed by atoms with Gasteiger partial charge >= 0.3 is 0 Å². The molecule has 0 unspecified atom stereocenters. The van der Waals surface area contributed by atoms with Gasteiger partial charge in [0.05, 0.1) is 46.2 Å². The van der Waals surface area contributed by atoms with Crippen LogP contribution in [0.5, 0.6) is 0 Å². The molecule has 0 aliphatic heterocycles. The minimum Gasteiger partial charge on any atom is -0.378 e. The van der Waals surface area contributed by atoms with Crippen LogP contribution < -0.4 is 10.6 Å². The molecule has 0 aromatic rings. The molecule has 21 heavy (non-hydrogen) atoms. The Morgan fingerprint density at radius 1 is 0.905 bits per heavy atom. The van der Waals surface area contributed by atoms with Gasteiger partial charge in [0.2, 0.25) is 0 Å². The summed E-state index contributed by atoms with van der Waals surface area (Å²) in [7, 11) is 0. The van der Waals surface area contributed by atoms with Gasteiger partial charge in [-0.1, -0.05) is 20.8 Å². The molecule has 0 fully saturated rings. The van der Waals surface area contributed by atoms with Crippen LogP contribution in [0.1, 0.15) is 23.6 Å². The molecule has 2 N–H and O–H groups in total. The van der Waals surface area contributed by atoms with E-state index in [0.29, 0.717) is 52.7 Å². The number of nitrogens with one attached hydrogen (secondary N) is 2. The van der Waals surface area contributed by atoms with Crippen LogP contribution >= 0.6 is 0 Å². The van der Waals surface area contributed by atoms with Crippen molar-refractivity contribution < 1.29 is 21.9 Å². The molecule has 0 bridgehead atoms. The number of carbonyl (C=O) groups excluding carboxylic acids is 1. The van der Waals surface area contributed by atoms with Crippen molar-refractivity contribution in [3.63, 3.8) is 0 Å². The first-order valence-electron chi connectivity index (χ1n) is 7.85. The van der Waals surface area contributed by atoms with Crippen LogP contribution in [0.4, 0.5) is 0 Å². The van der Waals surface area contributed by atoms with Crippen LogP contribution in [0.15, 0.2) is 0 Å². The van der Waals surface area contributed by atoms with E-state index in [0.717, 1.165) is 13.1 Å². The quantitative estimate of drug-likeness (QED) is 0.414. The van der Waals surface area contributed by atoms with Crippen LogP contribution in [-0.2, 0) is 19.0 Å². The van der Waals surface area contributed by atoms with Crippen molar-refractivity contribution in [2.24, 2.45) is 5.92 Å². The van der Waals surface area contributed by atoms with E-state index in [4.69, 9.17) is 14.2 Å². The van der Waals surface area contributed by atoms with Crippen molar-refractivity contribution in [2.75, 3.05) is 65.8 Å². The molecule has 0 saturated carbocycles. The van der Waals surface area contributed by atoms with Crippen molar-refractivity contribution in [3.05, 3.63) is 0 Å². The zero-order chi connectivity index (χ0) is 15.8. The number of carbonyl (C=O) groups is 1. The van der Waals surface area contributed by atoms with Crippen molar-refractivity contribution >= 4 is 5.78 Å². The Kier molecular flexibility index (Phi) is 15.5. The molecule has 0 aliphatic rings. The number of ketones is 1. The lowest BCUT2D eigenvalue weighted by Gasteiger charge is -2.08. The molecule has 0 aromatic heterocycles. The van der Waals surface area contributed by atoms with Gasteiger partial charge in [-0.25, -0.2) is 0 Å².